The molecule has 0 spiro atoms. The molecule has 1 amide bonds. The quantitative estimate of drug-likeness (QED) is 0.612. The van der Waals surface area contributed by atoms with Crippen LogP contribution in [0.4, 0.5) is 0 Å². The van der Waals surface area contributed by atoms with Gasteiger partial charge in [0.1, 0.15) is 5.60 Å². The first-order valence-electron chi connectivity index (χ1n) is 6.17. The lowest BCUT2D eigenvalue weighted by Gasteiger charge is -2.22. The van der Waals surface area contributed by atoms with Crippen LogP contribution in [0.1, 0.15) is 26.3 Å². The van der Waals surface area contributed by atoms with Gasteiger partial charge in [-0.25, -0.2) is 4.79 Å². The summed E-state index contributed by atoms with van der Waals surface area (Å²) in [6, 6.07) is 3.77. The second-order valence-corrected chi connectivity index (χ2v) is 5.34. The van der Waals surface area contributed by atoms with Crippen LogP contribution in [-0.2, 0) is 20.7 Å². The van der Waals surface area contributed by atoms with Crippen molar-refractivity contribution in [3.05, 3.63) is 30.1 Å². The summed E-state index contributed by atoms with van der Waals surface area (Å²) in [5.74, 6) is -1.44. The molecule has 0 aromatic carbocycles. The lowest BCUT2D eigenvalue weighted by atomic mass is 10.2. The van der Waals surface area contributed by atoms with Gasteiger partial charge in [0, 0.05) is 26.0 Å². The van der Waals surface area contributed by atoms with E-state index in [4.69, 9.17) is 4.74 Å². The van der Waals surface area contributed by atoms with E-state index >= 15 is 0 Å². The number of rotatable bonds is 3. The van der Waals surface area contributed by atoms with Crippen LogP contribution in [0, 0.1) is 0 Å². The Balaban J connectivity index is 2.47. The van der Waals surface area contributed by atoms with Crippen LogP contribution in [0.15, 0.2) is 24.5 Å². The first-order chi connectivity index (χ1) is 8.79. The third-order valence-corrected chi connectivity index (χ3v) is 2.38. The maximum absolute atomic E-state index is 11.8. The first-order valence-corrected chi connectivity index (χ1v) is 6.17. The van der Waals surface area contributed by atoms with Crippen LogP contribution in [0.3, 0.4) is 0 Å². The third-order valence-electron chi connectivity index (χ3n) is 2.38. The largest absolute Gasteiger partial charge is 0.453 e. The smallest absolute Gasteiger partial charge is 0.397 e. The monoisotopic (exact) mass is 264 g/mol. The lowest BCUT2D eigenvalue weighted by Crippen LogP contribution is -2.39. The molecular weight excluding hydrogens is 244 g/mol. The molecule has 104 valence electrons. The predicted molar refractivity (Wildman–Crippen MR) is 71.4 cm³/mol. The minimum Gasteiger partial charge on any atom is -0.453 e. The van der Waals surface area contributed by atoms with E-state index in [-0.39, 0.29) is 0 Å². The van der Waals surface area contributed by atoms with E-state index in [1.54, 1.807) is 40.2 Å². The van der Waals surface area contributed by atoms with Gasteiger partial charge in [0.2, 0.25) is 0 Å². The van der Waals surface area contributed by atoms with Gasteiger partial charge >= 0.3 is 11.9 Å². The molecule has 0 atom stereocenters. The number of carbonyl (C=O) groups excluding carboxylic acids is 2. The van der Waals surface area contributed by atoms with E-state index in [1.807, 2.05) is 12.1 Å². The number of amides is 1. The van der Waals surface area contributed by atoms with Crippen molar-refractivity contribution in [3.63, 3.8) is 0 Å². The second-order valence-electron chi connectivity index (χ2n) is 5.34. The topological polar surface area (TPSA) is 59.5 Å². The molecule has 0 bridgehead atoms. The third kappa shape index (κ3) is 5.50. The highest BCUT2D eigenvalue weighted by Crippen LogP contribution is 2.08. The Labute approximate surface area is 113 Å². The number of hydrogen-bond donors (Lipinski definition) is 0. The van der Waals surface area contributed by atoms with Crippen LogP contribution in [0.2, 0.25) is 0 Å². The molecule has 5 nitrogen and oxygen atoms in total. The minimum atomic E-state index is -0.818. The Hall–Kier alpha value is -1.91. The summed E-state index contributed by atoms with van der Waals surface area (Å²) >= 11 is 0. The zero-order valence-electron chi connectivity index (χ0n) is 11.8. The number of ether oxygens (including phenoxy) is 1. The summed E-state index contributed by atoms with van der Waals surface area (Å²) in [6.07, 6.45) is 4.09. The minimum absolute atomic E-state index is 0.448. The molecule has 0 saturated heterocycles. The molecule has 0 saturated carbocycles. The second kappa shape index (κ2) is 6.31. The van der Waals surface area contributed by atoms with Crippen molar-refractivity contribution in [3.8, 4) is 0 Å². The lowest BCUT2D eigenvalue weighted by molar-refractivity contribution is -0.167. The summed E-state index contributed by atoms with van der Waals surface area (Å²) in [5, 5.41) is 0. The Kier molecular flexibility index (Phi) is 5.03. The molecule has 0 N–H and O–H groups in total. The van der Waals surface area contributed by atoms with Crippen LogP contribution >= 0.6 is 0 Å². The summed E-state index contributed by atoms with van der Waals surface area (Å²) in [5.41, 5.74) is 0.364. The number of esters is 1. The van der Waals surface area contributed by atoms with E-state index in [1.165, 1.54) is 4.90 Å². The summed E-state index contributed by atoms with van der Waals surface area (Å²) in [6.45, 7) is 5.64. The fraction of sp³-hybridized carbons (Fsp3) is 0.500. The standard InChI is InChI=1S/C14H20N2O3/c1-14(2,3)19-13(18)12(17)16(4)9-7-11-6-5-8-15-10-11/h5-6,8,10H,7,9H2,1-4H3. The van der Waals surface area contributed by atoms with Crippen molar-refractivity contribution in [2.24, 2.45) is 0 Å². The average molecular weight is 264 g/mol. The summed E-state index contributed by atoms with van der Waals surface area (Å²) in [4.78, 5) is 28.7. The normalized spacial score (nSPS) is 10.9. The van der Waals surface area contributed by atoms with E-state index in [0.29, 0.717) is 13.0 Å². The SMILES string of the molecule is CN(CCc1cccnc1)C(=O)C(=O)OC(C)(C)C. The molecular formula is C14H20N2O3. The molecule has 0 aliphatic rings. The molecule has 0 aliphatic carbocycles. The number of hydrogen-bond acceptors (Lipinski definition) is 4. The molecule has 0 aliphatic heterocycles. The Morgan fingerprint density at radius 2 is 2.05 bits per heavy atom. The van der Waals surface area contributed by atoms with Crippen molar-refractivity contribution in [2.75, 3.05) is 13.6 Å². The highest BCUT2D eigenvalue weighted by Gasteiger charge is 2.25. The molecule has 1 rings (SSSR count). The summed E-state index contributed by atoms with van der Waals surface area (Å²) in [7, 11) is 1.59. The van der Waals surface area contributed by atoms with Gasteiger partial charge in [-0.15, -0.1) is 0 Å². The number of nitrogens with zero attached hydrogens (tertiary/aromatic N) is 2. The van der Waals surface area contributed by atoms with Crippen molar-refractivity contribution in [2.45, 2.75) is 32.8 Å². The van der Waals surface area contributed by atoms with Gasteiger partial charge in [-0.2, -0.15) is 0 Å². The van der Waals surface area contributed by atoms with Gasteiger partial charge in [0.25, 0.3) is 0 Å². The fourth-order valence-electron chi connectivity index (χ4n) is 1.42. The highest BCUT2D eigenvalue weighted by molar-refractivity contribution is 6.32. The zero-order chi connectivity index (χ0) is 14.5. The van der Waals surface area contributed by atoms with Gasteiger partial charge in [-0.05, 0) is 38.8 Å². The van der Waals surface area contributed by atoms with Gasteiger partial charge in [-0.1, -0.05) is 6.07 Å². The number of aromatic nitrogens is 1. The molecule has 1 heterocycles. The molecule has 1 aromatic heterocycles. The van der Waals surface area contributed by atoms with Gasteiger partial charge in [-0.3, -0.25) is 9.78 Å². The van der Waals surface area contributed by atoms with Gasteiger partial charge in [0.05, 0.1) is 0 Å². The average Bonchev–Trinajstić information content (AvgIpc) is 2.34. The van der Waals surface area contributed by atoms with Gasteiger partial charge in [0.15, 0.2) is 0 Å². The number of carbonyl (C=O) groups is 2. The van der Waals surface area contributed by atoms with E-state index in [2.05, 4.69) is 4.98 Å². The maximum Gasteiger partial charge on any atom is 0.397 e. The van der Waals surface area contributed by atoms with Crippen LogP contribution in [-0.4, -0.2) is 41.0 Å². The van der Waals surface area contributed by atoms with E-state index < -0.39 is 17.5 Å². The van der Waals surface area contributed by atoms with Crippen molar-refractivity contribution in [1.82, 2.24) is 9.88 Å². The molecule has 1 aromatic rings. The number of likely N-dealkylation sites (N-methyl/N-ethyl adjacent to an activating group) is 1. The molecule has 5 heteroatoms. The molecule has 19 heavy (non-hydrogen) atoms. The summed E-state index contributed by atoms with van der Waals surface area (Å²) < 4.78 is 5.03. The molecule has 0 fully saturated rings. The fourth-order valence-corrected chi connectivity index (χ4v) is 1.42. The Bertz CT molecular complexity index is 438. The molecule has 0 unspecified atom stereocenters. The van der Waals surface area contributed by atoms with Gasteiger partial charge < -0.3 is 9.64 Å². The Morgan fingerprint density at radius 3 is 2.58 bits per heavy atom. The van der Waals surface area contributed by atoms with Crippen LogP contribution in [0.5, 0.6) is 0 Å². The predicted octanol–water partition coefficient (Wildman–Crippen LogP) is 1.42. The van der Waals surface area contributed by atoms with E-state index in [9.17, 15) is 9.59 Å². The van der Waals surface area contributed by atoms with Crippen LogP contribution in [0.25, 0.3) is 0 Å². The Morgan fingerprint density at radius 1 is 1.37 bits per heavy atom. The molecule has 0 radical (unpaired) electrons. The zero-order valence-corrected chi connectivity index (χ0v) is 11.8. The van der Waals surface area contributed by atoms with E-state index in [0.717, 1.165) is 5.56 Å². The first kappa shape index (κ1) is 15.1. The van der Waals surface area contributed by atoms with Crippen LogP contribution < -0.4 is 0 Å². The van der Waals surface area contributed by atoms with Crippen molar-refractivity contribution in [1.29, 1.82) is 0 Å². The maximum atomic E-state index is 11.8. The highest BCUT2D eigenvalue weighted by atomic mass is 16.6. The van der Waals surface area contributed by atoms with Crippen molar-refractivity contribution < 1.29 is 14.3 Å². The number of pyridine rings is 1. The van der Waals surface area contributed by atoms with Crippen molar-refractivity contribution >= 4 is 11.9 Å².